The number of methoxy groups -OCH3 is 1. The van der Waals surface area contributed by atoms with Crippen LogP contribution in [-0.2, 0) is 4.74 Å². The van der Waals surface area contributed by atoms with E-state index in [1.807, 2.05) is 0 Å². The van der Waals surface area contributed by atoms with Gasteiger partial charge in [-0.3, -0.25) is 10.1 Å². The number of nitrogens with one attached hydrogen (secondary N) is 1. The van der Waals surface area contributed by atoms with Gasteiger partial charge >= 0.3 is 6.09 Å². The normalized spacial score (nSPS) is 14.7. The second-order valence-corrected chi connectivity index (χ2v) is 4.40. The van der Waals surface area contributed by atoms with Gasteiger partial charge < -0.3 is 15.0 Å². The van der Waals surface area contributed by atoms with Crippen LogP contribution >= 0.6 is 11.6 Å². The molecule has 102 valence electrons. The van der Waals surface area contributed by atoms with Crippen molar-refractivity contribution in [3.05, 3.63) is 27.4 Å². The molecule has 2 heterocycles. The first-order chi connectivity index (χ1) is 9.01. The molecule has 0 aliphatic carbocycles. The molecular formula is C10H11ClN4O4. The Labute approximate surface area is 113 Å². The van der Waals surface area contributed by atoms with Crippen LogP contribution in [0.5, 0.6) is 0 Å². The molecule has 0 atom stereocenters. The fourth-order valence-electron chi connectivity index (χ4n) is 1.68. The molecule has 1 aromatic heterocycles. The number of pyridine rings is 1. The predicted octanol–water partition coefficient (Wildman–Crippen LogP) is 1.51. The maximum atomic E-state index is 11.1. The van der Waals surface area contributed by atoms with E-state index in [0.29, 0.717) is 18.9 Å². The summed E-state index contributed by atoms with van der Waals surface area (Å²) in [4.78, 5) is 26.5. The number of aromatic nitrogens is 1. The van der Waals surface area contributed by atoms with Gasteiger partial charge in [0.2, 0.25) is 0 Å². The van der Waals surface area contributed by atoms with Gasteiger partial charge in [0.1, 0.15) is 12.0 Å². The third-order valence-electron chi connectivity index (χ3n) is 2.69. The number of hydrogen-bond donors (Lipinski definition) is 1. The van der Waals surface area contributed by atoms with E-state index < -0.39 is 4.92 Å². The first-order valence-electron chi connectivity index (χ1n) is 5.40. The second kappa shape index (κ2) is 5.27. The summed E-state index contributed by atoms with van der Waals surface area (Å²) in [5.41, 5.74) is -0.166. The van der Waals surface area contributed by atoms with Gasteiger partial charge in [0, 0.05) is 19.2 Å². The maximum Gasteiger partial charge on any atom is 0.409 e. The Bertz CT molecular complexity index is 518. The Balaban J connectivity index is 1.95. The summed E-state index contributed by atoms with van der Waals surface area (Å²) >= 11 is 5.89. The lowest BCUT2D eigenvalue weighted by atomic mass is 10.1. The van der Waals surface area contributed by atoms with Crippen LogP contribution in [0.1, 0.15) is 0 Å². The molecule has 0 saturated carbocycles. The number of hydrogen-bond acceptors (Lipinski definition) is 6. The molecule has 0 aromatic carbocycles. The summed E-state index contributed by atoms with van der Waals surface area (Å²) in [5.74, 6) is 0.363. The first kappa shape index (κ1) is 13.3. The number of rotatable bonds is 3. The van der Waals surface area contributed by atoms with Crippen LogP contribution < -0.4 is 5.32 Å². The first-order valence-corrected chi connectivity index (χ1v) is 5.78. The molecule has 0 unspecified atom stereocenters. The average Bonchev–Trinajstić information content (AvgIpc) is 2.33. The lowest BCUT2D eigenvalue weighted by Crippen LogP contribution is -2.57. The molecule has 1 N–H and O–H groups in total. The van der Waals surface area contributed by atoms with Crippen LogP contribution in [0.4, 0.5) is 16.3 Å². The number of carbonyl (C=O) groups is 1. The van der Waals surface area contributed by atoms with Crippen molar-refractivity contribution in [2.45, 2.75) is 6.04 Å². The van der Waals surface area contributed by atoms with E-state index in [1.165, 1.54) is 18.1 Å². The summed E-state index contributed by atoms with van der Waals surface area (Å²) < 4.78 is 4.56. The van der Waals surface area contributed by atoms with Gasteiger partial charge in [0.15, 0.2) is 0 Å². The van der Waals surface area contributed by atoms with Crippen molar-refractivity contribution >= 4 is 29.2 Å². The van der Waals surface area contributed by atoms with E-state index in [0.717, 1.165) is 6.20 Å². The Morgan fingerprint density at radius 2 is 2.37 bits per heavy atom. The molecule has 1 saturated heterocycles. The molecule has 8 nitrogen and oxygen atoms in total. The minimum absolute atomic E-state index is 0.00514. The molecule has 2 rings (SSSR count). The van der Waals surface area contributed by atoms with Crippen molar-refractivity contribution in [3.8, 4) is 0 Å². The van der Waals surface area contributed by atoms with E-state index in [9.17, 15) is 14.9 Å². The van der Waals surface area contributed by atoms with Crippen LogP contribution in [-0.4, -0.2) is 47.1 Å². The summed E-state index contributed by atoms with van der Waals surface area (Å²) in [6, 6.07) is 1.23. The van der Waals surface area contributed by atoms with E-state index in [2.05, 4.69) is 15.0 Å². The largest absolute Gasteiger partial charge is 0.453 e. The minimum Gasteiger partial charge on any atom is -0.453 e. The number of ether oxygens (including phenoxy) is 1. The monoisotopic (exact) mass is 286 g/mol. The second-order valence-electron chi connectivity index (χ2n) is 4.00. The molecule has 1 fully saturated rings. The highest BCUT2D eigenvalue weighted by Crippen LogP contribution is 2.25. The molecule has 0 spiro atoms. The van der Waals surface area contributed by atoms with E-state index in [1.54, 1.807) is 0 Å². The lowest BCUT2D eigenvalue weighted by molar-refractivity contribution is -0.385. The topological polar surface area (TPSA) is 97.6 Å². The smallest absolute Gasteiger partial charge is 0.409 e. The average molecular weight is 287 g/mol. The van der Waals surface area contributed by atoms with Crippen molar-refractivity contribution in [1.29, 1.82) is 0 Å². The molecule has 0 radical (unpaired) electrons. The lowest BCUT2D eigenvalue weighted by Gasteiger charge is -2.38. The maximum absolute atomic E-state index is 11.1. The van der Waals surface area contributed by atoms with Gasteiger partial charge in [-0.05, 0) is 0 Å². The van der Waals surface area contributed by atoms with Gasteiger partial charge in [-0.25, -0.2) is 9.78 Å². The van der Waals surface area contributed by atoms with E-state index >= 15 is 0 Å². The van der Waals surface area contributed by atoms with Crippen LogP contribution in [0, 0.1) is 10.1 Å². The fraction of sp³-hybridized carbons (Fsp3) is 0.400. The predicted molar refractivity (Wildman–Crippen MR) is 67.3 cm³/mol. The molecule has 19 heavy (non-hydrogen) atoms. The minimum atomic E-state index is -0.564. The van der Waals surface area contributed by atoms with E-state index in [-0.39, 0.29) is 22.8 Å². The number of carbonyl (C=O) groups excluding carboxylic acids is 1. The van der Waals surface area contributed by atoms with Gasteiger partial charge in [0.25, 0.3) is 5.69 Å². The van der Waals surface area contributed by atoms with Crippen molar-refractivity contribution < 1.29 is 14.5 Å². The number of anilines is 1. The molecule has 1 aromatic rings. The molecule has 9 heteroatoms. The van der Waals surface area contributed by atoms with Crippen LogP contribution in [0.3, 0.4) is 0 Å². The number of likely N-dealkylation sites (tertiary alicyclic amines) is 1. The van der Waals surface area contributed by atoms with Crippen LogP contribution in [0.15, 0.2) is 12.3 Å². The Morgan fingerprint density at radius 1 is 1.68 bits per heavy atom. The third-order valence-corrected chi connectivity index (χ3v) is 2.98. The highest BCUT2D eigenvalue weighted by molar-refractivity contribution is 6.33. The van der Waals surface area contributed by atoms with Crippen LogP contribution in [0.2, 0.25) is 5.02 Å². The molecular weight excluding hydrogens is 276 g/mol. The van der Waals surface area contributed by atoms with Crippen molar-refractivity contribution in [1.82, 2.24) is 9.88 Å². The number of nitrogens with zero attached hydrogens (tertiary/aromatic N) is 3. The van der Waals surface area contributed by atoms with Crippen LogP contribution in [0.25, 0.3) is 0 Å². The van der Waals surface area contributed by atoms with Crippen molar-refractivity contribution in [2.24, 2.45) is 0 Å². The number of halogens is 1. The van der Waals surface area contributed by atoms with Crippen molar-refractivity contribution in [2.75, 3.05) is 25.5 Å². The summed E-state index contributed by atoms with van der Waals surface area (Å²) in [6.45, 7) is 0.948. The molecule has 1 amide bonds. The van der Waals surface area contributed by atoms with Gasteiger partial charge in [-0.1, -0.05) is 11.6 Å². The summed E-state index contributed by atoms with van der Waals surface area (Å²) in [6.07, 6.45) is 0.742. The Kier molecular flexibility index (Phi) is 3.70. The summed E-state index contributed by atoms with van der Waals surface area (Å²) in [7, 11) is 1.32. The fourth-order valence-corrected chi connectivity index (χ4v) is 1.89. The van der Waals surface area contributed by atoms with Gasteiger partial charge in [0.05, 0.1) is 23.1 Å². The zero-order valence-corrected chi connectivity index (χ0v) is 10.8. The molecule has 1 aliphatic rings. The highest BCUT2D eigenvalue weighted by atomic mass is 35.5. The molecule has 0 bridgehead atoms. The van der Waals surface area contributed by atoms with Gasteiger partial charge in [-0.2, -0.15) is 0 Å². The standard InChI is InChI=1S/C10H11ClN4O4/c1-19-10(16)14-4-6(5-14)13-9-8(11)2-7(3-12-9)15(17)18/h2-3,6H,4-5H2,1H3,(H,12,13). The van der Waals surface area contributed by atoms with Gasteiger partial charge in [-0.15, -0.1) is 0 Å². The van der Waals surface area contributed by atoms with E-state index in [4.69, 9.17) is 11.6 Å². The SMILES string of the molecule is COC(=O)N1CC(Nc2ncc([N+](=O)[O-])cc2Cl)C1. The number of nitro groups is 1. The zero-order valence-electron chi connectivity index (χ0n) is 10.00. The Morgan fingerprint density at radius 3 is 2.89 bits per heavy atom. The number of amides is 1. The quantitative estimate of drug-likeness (QED) is 0.668. The third kappa shape index (κ3) is 2.84. The molecule has 1 aliphatic heterocycles. The Hall–Kier alpha value is -2.09. The summed E-state index contributed by atoms with van der Waals surface area (Å²) in [5, 5.41) is 13.7. The van der Waals surface area contributed by atoms with Crippen molar-refractivity contribution in [3.63, 3.8) is 0 Å². The highest BCUT2D eigenvalue weighted by Gasteiger charge is 2.31. The zero-order chi connectivity index (χ0) is 14.0.